The van der Waals surface area contributed by atoms with Gasteiger partial charge >= 0.3 is 0 Å². The number of nitrogens with zero attached hydrogens (tertiary/aromatic N) is 1. The molecule has 3 aromatic carbocycles. The fourth-order valence-electron chi connectivity index (χ4n) is 3.77. The lowest BCUT2D eigenvalue weighted by Gasteiger charge is -2.17. The Morgan fingerprint density at radius 3 is 2.55 bits per heavy atom. The lowest BCUT2D eigenvalue weighted by molar-refractivity contribution is -0.119. The largest absolute Gasteiger partial charge is 0.494 e. The zero-order chi connectivity index (χ0) is 20.2. The van der Waals surface area contributed by atoms with Crippen molar-refractivity contribution in [2.24, 2.45) is 0 Å². The van der Waals surface area contributed by atoms with Crippen molar-refractivity contribution in [2.75, 3.05) is 24.6 Å². The number of nitrogens with one attached hydrogen (secondary N) is 1. The molecule has 0 bridgehead atoms. The van der Waals surface area contributed by atoms with Gasteiger partial charge in [0.15, 0.2) is 0 Å². The topological polar surface area (TPSA) is 58.6 Å². The molecule has 5 nitrogen and oxygen atoms in total. The highest BCUT2D eigenvalue weighted by Gasteiger charge is 2.30. The minimum Gasteiger partial charge on any atom is -0.494 e. The zero-order valence-electron chi connectivity index (χ0n) is 16.5. The standard InChI is InChI=1S/C24H24N2O3/c1-2-29-19-13-11-17(12-14-19)6-5-15-25-22(27)16-26-21-10-4-8-18-7-3-9-20(23(18)21)24(26)28/h3-4,7-14H,2,5-6,15-16H2,1H3,(H,25,27). The van der Waals surface area contributed by atoms with Crippen LogP contribution in [-0.2, 0) is 11.2 Å². The summed E-state index contributed by atoms with van der Waals surface area (Å²) in [6, 6.07) is 19.5. The minimum atomic E-state index is -0.144. The Balaban J connectivity index is 1.29. The van der Waals surface area contributed by atoms with E-state index in [4.69, 9.17) is 4.74 Å². The van der Waals surface area contributed by atoms with Crippen molar-refractivity contribution in [2.45, 2.75) is 19.8 Å². The second kappa shape index (κ2) is 8.35. The molecule has 0 unspecified atom stereocenters. The molecule has 1 aliphatic heterocycles. The molecule has 0 atom stereocenters. The molecule has 0 spiro atoms. The Morgan fingerprint density at radius 1 is 1.03 bits per heavy atom. The average Bonchev–Trinajstić information content (AvgIpc) is 3.01. The summed E-state index contributed by atoms with van der Waals surface area (Å²) in [6.45, 7) is 3.23. The zero-order valence-corrected chi connectivity index (χ0v) is 16.5. The van der Waals surface area contributed by atoms with Gasteiger partial charge in [-0.1, -0.05) is 36.4 Å². The summed E-state index contributed by atoms with van der Waals surface area (Å²) in [5, 5.41) is 4.89. The Kier molecular flexibility index (Phi) is 5.47. The van der Waals surface area contributed by atoms with E-state index in [0.717, 1.165) is 35.1 Å². The van der Waals surface area contributed by atoms with Crippen molar-refractivity contribution in [3.05, 3.63) is 71.8 Å². The number of rotatable bonds is 8. The summed E-state index contributed by atoms with van der Waals surface area (Å²) in [6.07, 6.45) is 1.71. The van der Waals surface area contributed by atoms with Crippen molar-refractivity contribution in [3.63, 3.8) is 0 Å². The Bertz CT molecular complexity index is 1040. The molecule has 1 heterocycles. The van der Waals surface area contributed by atoms with E-state index >= 15 is 0 Å². The first-order valence-corrected chi connectivity index (χ1v) is 9.99. The first kappa shape index (κ1) is 19.0. The molecule has 0 radical (unpaired) electrons. The molecule has 1 N–H and O–H groups in total. The molecular weight excluding hydrogens is 364 g/mol. The molecule has 3 aromatic rings. The van der Waals surface area contributed by atoms with Crippen LogP contribution in [0.1, 0.15) is 29.3 Å². The number of hydrogen-bond donors (Lipinski definition) is 1. The van der Waals surface area contributed by atoms with Gasteiger partial charge in [-0.05, 0) is 55.0 Å². The van der Waals surface area contributed by atoms with E-state index in [9.17, 15) is 9.59 Å². The maximum atomic E-state index is 12.7. The summed E-state index contributed by atoms with van der Waals surface area (Å²) >= 11 is 0. The van der Waals surface area contributed by atoms with Gasteiger partial charge < -0.3 is 10.1 Å². The summed E-state index contributed by atoms with van der Waals surface area (Å²) in [5.41, 5.74) is 2.69. The van der Waals surface area contributed by atoms with E-state index in [-0.39, 0.29) is 18.4 Å². The quantitative estimate of drug-likeness (QED) is 0.595. The number of aryl methyl sites for hydroxylation is 1. The highest BCUT2D eigenvalue weighted by atomic mass is 16.5. The second-order valence-corrected chi connectivity index (χ2v) is 7.10. The molecule has 4 rings (SSSR count). The number of carbonyl (C=O) groups excluding carboxylic acids is 2. The number of benzene rings is 3. The first-order valence-electron chi connectivity index (χ1n) is 9.99. The Morgan fingerprint density at radius 2 is 1.79 bits per heavy atom. The van der Waals surface area contributed by atoms with Crippen LogP contribution in [0.5, 0.6) is 5.75 Å². The van der Waals surface area contributed by atoms with Crippen molar-refractivity contribution < 1.29 is 14.3 Å². The monoisotopic (exact) mass is 388 g/mol. The molecule has 5 heteroatoms. The van der Waals surface area contributed by atoms with E-state index in [1.807, 2.05) is 67.6 Å². The van der Waals surface area contributed by atoms with Gasteiger partial charge in [0.05, 0.1) is 12.3 Å². The summed E-state index contributed by atoms with van der Waals surface area (Å²) in [7, 11) is 0. The highest BCUT2D eigenvalue weighted by molar-refractivity contribution is 6.26. The molecule has 0 saturated carbocycles. The van der Waals surface area contributed by atoms with Crippen LogP contribution >= 0.6 is 0 Å². The number of ether oxygens (including phenoxy) is 1. The Labute approximate surface area is 170 Å². The average molecular weight is 388 g/mol. The van der Waals surface area contributed by atoms with Crippen molar-refractivity contribution in [3.8, 4) is 5.75 Å². The number of amides is 2. The molecule has 148 valence electrons. The predicted molar refractivity (Wildman–Crippen MR) is 115 cm³/mol. The third-order valence-electron chi connectivity index (χ3n) is 5.15. The van der Waals surface area contributed by atoms with E-state index < -0.39 is 0 Å². The lowest BCUT2D eigenvalue weighted by atomic mass is 10.1. The van der Waals surface area contributed by atoms with E-state index in [1.165, 1.54) is 5.56 Å². The van der Waals surface area contributed by atoms with Crippen LogP contribution in [0.2, 0.25) is 0 Å². The van der Waals surface area contributed by atoms with E-state index in [1.54, 1.807) is 4.90 Å². The van der Waals surface area contributed by atoms with Crippen molar-refractivity contribution in [1.82, 2.24) is 5.32 Å². The third kappa shape index (κ3) is 3.94. The third-order valence-corrected chi connectivity index (χ3v) is 5.15. The van der Waals surface area contributed by atoms with Gasteiger partial charge in [0, 0.05) is 17.5 Å². The van der Waals surface area contributed by atoms with E-state index in [0.29, 0.717) is 18.7 Å². The lowest BCUT2D eigenvalue weighted by Crippen LogP contribution is -2.39. The number of carbonyl (C=O) groups is 2. The first-order chi connectivity index (χ1) is 14.2. The summed E-state index contributed by atoms with van der Waals surface area (Å²) in [4.78, 5) is 26.7. The smallest absolute Gasteiger partial charge is 0.259 e. The van der Waals surface area contributed by atoms with Gasteiger partial charge in [0.2, 0.25) is 5.91 Å². The van der Waals surface area contributed by atoms with Crippen molar-refractivity contribution >= 4 is 28.3 Å². The van der Waals surface area contributed by atoms with Crippen molar-refractivity contribution in [1.29, 1.82) is 0 Å². The predicted octanol–water partition coefficient (Wildman–Crippen LogP) is 3.95. The van der Waals surface area contributed by atoms with Crippen LogP contribution in [0.4, 0.5) is 5.69 Å². The van der Waals surface area contributed by atoms with Gasteiger partial charge in [-0.3, -0.25) is 14.5 Å². The fourth-order valence-corrected chi connectivity index (χ4v) is 3.77. The summed E-state index contributed by atoms with van der Waals surface area (Å²) in [5.74, 6) is 0.618. The molecular formula is C24H24N2O3. The van der Waals surface area contributed by atoms with Gasteiger partial charge in [-0.2, -0.15) is 0 Å². The molecule has 2 amide bonds. The molecule has 29 heavy (non-hydrogen) atoms. The van der Waals surface area contributed by atoms with E-state index in [2.05, 4.69) is 5.32 Å². The van der Waals surface area contributed by atoms with Gasteiger partial charge in [0.1, 0.15) is 12.3 Å². The summed E-state index contributed by atoms with van der Waals surface area (Å²) < 4.78 is 5.44. The van der Waals surface area contributed by atoms with Crippen LogP contribution in [0.25, 0.3) is 10.8 Å². The normalized spacial score (nSPS) is 12.4. The highest BCUT2D eigenvalue weighted by Crippen LogP contribution is 2.36. The second-order valence-electron chi connectivity index (χ2n) is 7.10. The minimum absolute atomic E-state index is 0.0374. The molecule has 0 aromatic heterocycles. The van der Waals surface area contributed by atoms with Crippen LogP contribution < -0.4 is 15.0 Å². The molecule has 0 saturated heterocycles. The SMILES string of the molecule is CCOc1ccc(CCCNC(=O)CN2C(=O)c3cccc4cccc2c34)cc1. The van der Waals surface area contributed by atoms with Crippen LogP contribution in [0.3, 0.4) is 0 Å². The molecule has 0 aliphatic carbocycles. The van der Waals surface area contributed by atoms with Gasteiger partial charge in [-0.15, -0.1) is 0 Å². The van der Waals surface area contributed by atoms with Crippen LogP contribution in [0, 0.1) is 0 Å². The van der Waals surface area contributed by atoms with Crippen LogP contribution in [-0.4, -0.2) is 31.5 Å². The fraction of sp³-hybridized carbons (Fsp3) is 0.250. The van der Waals surface area contributed by atoms with Gasteiger partial charge in [-0.25, -0.2) is 0 Å². The van der Waals surface area contributed by atoms with Crippen LogP contribution in [0.15, 0.2) is 60.7 Å². The van der Waals surface area contributed by atoms with Gasteiger partial charge in [0.25, 0.3) is 5.91 Å². The maximum absolute atomic E-state index is 12.7. The number of anilines is 1. The number of hydrogen-bond acceptors (Lipinski definition) is 3. The maximum Gasteiger partial charge on any atom is 0.259 e. The Hall–Kier alpha value is -3.34. The molecule has 0 fully saturated rings. The molecule has 1 aliphatic rings.